The lowest BCUT2D eigenvalue weighted by Gasteiger charge is -2.10. The van der Waals surface area contributed by atoms with Crippen LogP contribution in [0.5, 0.6) is 11.5 Å². The van der Waals surface area contributed by atoms with Gasteiger partial charge in [-0.2, -0.15) is 0 Å². The van der Waals surface area contributed by atoms with Gasteiger partial charge in [0.25, 0.3) is 0 Å². The molecule has 0 saturated carbocycles. The van der Waals surface area contributed by atoms with Crippen LogP contribution in [0, 0.1) is 0 Å². The number of methoxy groups -OCH3 is 2. The minimum atomic E-state index is 0.631. The molecular weight excluding hydrogens is 260 g/mol. The minimum absolute atomic E-state index is 0.631. The van der Waals surface area contributed by atoms with Gasteiger partial charge in [-0.05, 0) is 18.2 Å². The highest BCUT2D eigenvalue weighted by molar-refractivity contribution is 9.10. The van der Waals surface area contributed by atoms with Crippen molar-refractivity contribution in [3.8, 4) is 11.5 Å². The van der Waals surface area contributed by atoms with E-state index in [9.17, 15) is 0 Å². The minimum Gasteiger partial charge on any atom is -0.493 e. The van der Waals surface area contributed by atoms with Gasteiger partial charge in [-0.15, -0.1) is 0 Å². The van der Waals surface area contributed by atoms with Crippen LogP contribution in [0.3, 0.4) is 0 Å². The van der Waals surface area contributed by atoms with Gasteiger partial charge in [-0.3, -0.25) is 0 Å². The molecule has 0 heterocycles. The summed E-state index contributed by atoms with van der Waals surface area (Å²) in [5.41, 5.74) is 0. The molecule has 1 aromatic carbocycles. The zero-order valence-electron chi connectivity index (χ0n) is 8.96. The highest BCUT2D eigenvalue weighted by Crippen LogP contribution is 2.30. The van der Waals surface area contributed by atoms with E-state index >= 15 is 0 Å². The number of hydrogen-bond acceptors (Lipinski definition) is 3. The monoisotopic (exact) mass is 274 g/mol. The van der Waals surface area contributed by atoms with Crippen molar-refractivity contribution in [2.24, 2.45) is 0 Å². The van der Waals surface area contributed by atoms with Crippen LogP contribution in [0.15, 0.2) is 22.7 Å². The van der Waals surface area contributed by atoms with Gasteiger partial charge in [0.1, 0.15) is 0 Å². The third kappa shape index (κ3) is 4.10. The van der Waals surface area contributed by atoms with Crippen molar-refractivity contribution in [3.63, 3.8) is 0 Å². The summed E-state index contributed by atoms with van der Waals surface area (Å²) < 4.78 is 16.7. The van der Waals surface area contributed by atoms with E-state index in [0.29, 0.717) is 13.2 Å². The number of rotatable bonds is 6. The number of ether oxygens (including phenoxy) is 3. The largest absolute Gasteiger partial charge is 0.493 e. The highest BCUT2D eigenvalue weighted by atomic mass is 79.9. The molecule has 0 atom stereocenters. The predicted molar refractivity (Wildman–Crippen MR) is 62.7 cm³/mol. The number of halogens is 1. The van der Waals surface area contributed by atoms with E-state index in [-0.39, 0.29) is 0 Å². The van der Waals surface area contributed by atoms with Crippen LogP contribution >= 0.6 is 15.9 Å². The van der Waals surface area contributed by atoms with Crippen LogP contribution in [-0.4, -0.2) is 27.4 Å². The van der Waals surface area contributed by atoms with E-state index in [1.165, 1.54) is 0 Å². The quantitative estimate of drug-likeness (QED) is 0.747. The third-order valence-corrected chi connectivity index (χ3v) is 2.37. The van der Waals surface area contributed by atoms with Crippen LogP contribution in [0.4, 0.5) is 0 Å². The van der Waals surface area contributed by atoms with Gasteiger partial charge in [0.05, 0.1) is 13.7 Å². The molecule has 0 bridgehead atoms. The lowest BCUT2D eigenvalue weighted by Crippen LogP contribution is -2.02. The zero-order chi connectivity index (χ0) is 11.1. The van der Waals surface area contributed by atoms with Crippen LogP contribution in [0.1, 0.15) is 6.42 Å². The van der Waals surface area contributed by atoms with Gasteiger partial charge >= 0.3 is 0 Å². The second kappa shape index (κ2) is 6.69. The fourth-order valence-electron chi connectivity index (χ4n) is 1.15. The van der Waals surface area contributed by atoms with E-state index < -0.39 is 0 Å². The molecule has 84 valence electrons. The maximum absolute atomic E-state index is 5.56. The number of benzene rings is 1. The molecule has 0 saturated heterocycles. The summed E-state index contributed by atoms with van der Waals surface area (Å²) in [5.74, 6) is 1.50. The second-order valence-electron chi connectivity index (χ2n) is 2.99. The van der Waals surface area contributed by atoms with Gasteiger partial charge < -0.3 is 14.2 Å². The third-order valence-electron chi connectivity index (χ3n) is 1.88. The summed E-state index contributed by atoms with van der Waals surface area (Å²) in [6.07, 6.45) is 0.871. The van der Waals surface area contributed by atoms with Crippen LogP contribution in [-0.2, 0) is 4.74 Å². The van der Waals surface area contributed by atoms with Crippen molar-refractivity contribution in [2.45, 2.75) is 6.42 Å². The molecule has 1 aromatic rings. The number of hydrogen-bond donors (Lipinski definition) is 0. The SMILES string of the molecule is COCCCOc1ccc(Br)cc1OC. The van der Waals surface area contributed by atoms with Crippen LogP contribution in [0.2, 0.25) is 0 Å². The summed E-state index contributed by atoms with van der Waals surface area (Å²) in [4.78, 5) is 0. The van der Waals surface area contributed by atoms with E-state index in [0.717, 1.165) is 22.4 Å². The van der Waals surface area contributed by atoms with E-state index in [2.05, 4.69) is 15.9 Å². The van der Waals surface area contributed by atoms with Crippen molar-refractivity contribution in [1.29, 1.82) is 0 Å². The van der Waals surface area contributed by atoms with Crippen molar-refractivity contribution in [2.75, 3.05) is 27.4 Å². The van der Waals surface area contributed by atoms with Gasteiger partial charge in [-0.25, -0.2) is 0 Å². The Hall–Kier alpha value is -0.740. The average Bonchev–Trinajstić information content (AvgIpc) is 2.26. The molecule has 4 heteroatoms. The van der Waals surface area contributed by atoms with Crippen molar-refractivity contribution < 1.29 is 14.2 Å². The fraction of sp³-hybridized carbons (Fsp3) is 0.455. The maximum Gasteiger partial charge on any atom is 0.161 e. The molecule has 0 aliphatic heterocycles. The summed E-state index contributed by atoms with van der Waals surface area (Å²) in [5, 5.41) is 0. The Morgan fingerprint density at radius 2 is 1.93 bits per heavy atom. The Morgan fingerprint density at radius 1 is 1.13 bits per heavy atom. The molecule has 0 unspecified atom stereocenters. The summed E-state index contributed by atoms with van der Waals surface area (Å²) >= 11 is 3.37. The molecule has 0 aliphatic rings. The van der Waals surface area contributed by atoms with E-state index in [1.54, 1.807) is 14.2 Å². The first-order valence-corrected chi connectivity index (χ1v) is 5.52. The first-order valence-electron chi connectivity index (χ1n) is 4.73. The molecule has 0 amide bonds. The molecule has 0 aromatic heterocycles. The lowest BCUT2D eigenvalue weighted by molar-refractivity contribution is 0.170. The van der Waals surface area contributed by atoms with Crippen molar-refractivity contribution in [1.82, 2.24) is 0 Å². The molecule has 0 spiro atoms. The zero-order valence-corrected chi connectivity index (χ0v) is 10.5. The van der Waals surface area contributed by atoms with Gasteiger partial charge in [0.15, 0.2) is 11.5 Å². The van der Waals surface area contributed by atoms with Crippen molar-refractivity contribution >= 4 is 15.9 Å². The Morgan fingerprint density at radius 3 is 2.60 bits per heavy atom. The normalized spacial score (nSPS) is 10.1. The lowest BCUT2D eigenvalue weighted by atomic mass is 10.3. The molecule has 0 aliphatic carbocycles. The fourth-order valence-corrected chi connectivity index (χ4v) is 1.49. The second-order valence-corrected chi connectivity index (χ2v) is 3.91. The molecule has 0 radical (unpaired) electrons. The van der Waals surface area contributed by atoms with Gasteiger partial charge in [0, 0.05) is 24.6 Å². The average molecular weight is 275 g/mol. The summed E-state index contributed by atoms with van der Waals surface area (Å²) in [7, 11) is 3.31. The van der Waals surface area contributed by atoms with Crippen LogP contribution < -0.4 is 9.47 Å². The van der Waals surface area contributed by atoms with Crippen molar-refractivity contribution in [3.05, 3.63) is 22.7 Å². The molecular formula is C11H15BrO3. The molecule has 3 nitrogen and oxygen atoms in total. The summed E-state index contributed by atoms with van der Waals surface area (Å²) in [6, 6.07) is 5.69. The molecule has 0 N–H and O–H groups in total. The van der Waals surface area contributed by atoms with E-state index in [1.807, 2.05) is 18.2 Å². The standard InChI is InChI=1S/C11H15BrO3/c1-13-6-3-7-15-10-5-4-9(12)8-11(10)14-2/h4-5,8H,3,6-7H2,1-2H3. The Labute approximate surface area is 98.5 Å². The Bertz CT molecular complexity index is 302. The molecule has 15 heavy (non-hydrogen) atoms. The molecule has 1 rings (SSSR count). The summed E-state index contributed by atoms with van der Waals surface area (Å²) in [6.45, 7) is 1.34. The first-order chi connectivity index (χ1) is 7.27. The van der Waals surface area contributed by atoms with E-state index in [4.69, 9.17) is 14.2 Å². The highest BCUT2D eigenvalue weighted by Gasteiger charge is 2.04. The molecule has 0 fully saturated rings. The smallest absolute Gasteiger partial charge is 0.161 e. The van der Waals surface area contributed by atoms with Gasteiger partial charge in [0.2, 0.25) is 0 Å². The first kappa shape index (κ1) is 12.3. The van der Waals surface area contributed by atoms with Crippen LogP contribution in [0.25, 0.3) is 0 Å². The van der Waals surface area contributed by atoms with Gasteiger partial charge in [-0.1, -0.05) is 15.9 Å². The Balaban J connectivity index is 2.52. The predicted octanol–water partition coefficient (Wildman–Crippen LogP) is 2.87. The topological polar surface area (TPSA) is 27.7 Å². The Kier molecular flexibility index (Phi) is 5.50. The maximum atomic E-state index is 5.56.